The van der Waals surface area contributed by atoms with Crippen molar-refractivity contribution in [2.75, 3.05) is 19.0 Å². The Morgan fingerprint density at radius 1 is 1.56 bits per heavy atom. The van der Waals surface area contributed by atoms with E-state index >= 15 is 0 Å². The summed E-state index contributed by atoms with van der Waals surface area (Å²) in [5, 5.41) is 25.5. The number of carbonyl (C=O) groups excluding carboxylic acids is 1. The number of allylic oxidation sites excluding steroid dienone is 1. The number of benzene rings is 1. The standard InChI is InChI=1S/C16H17N7O2/c1-25-14-5-4-13(7-11(14)10-23-6-2-3-15(23)24)18-9-12(8-17)16-19-21-22-20-16/h4-5,7,9,18H,2-3,6,10H2,1H3,(H,19,20,21,22). The number of nitrogens with one attached hydrogen (secondary N) is 2. The third-order valence-electron chi connectivity index (χ3n) is 3.90. The summed E-state index contributed by atoms with van der Waals surface area (Å²) in [5.41, 5.74) is 1.91. The van der Waals surface area contributed by atoms with Crippen molar-refractivity contribution in [2.45, 2.75) is 19.4 Å². The monoisotopic (exact) mass is 339 g/mol. The van der Waals surface area contributed by atoms with Crippen LogP contribution in [0.2, 0.25) is 0 Å². The highest BCUT2D eigenvalue weighted by atomic mass is 16.5. The first-order chi connectivity index (χ1) is 12.2. The van der Waals surface area contributed by atoms with E-state index in [4.69, 9.17) is 4.74 Å². The van der Waals surface area contributed by atoms with Gasteiger partial charge in [-0.15, -0.1) is 10.2 Å². The van der Waals surface area contributed by atoms with E-state index in [0.717, 1.165) is 24.2 Å². The number of H-pyrrole nitrogens is 1. The van der Waals surface area contributed by atoms with Gasteiger partial charge < -0.3 is 15.0 Å². The van der Waals surface area contributed by atoms with Crippen LogP contribution in [-0.2, 0) is 11.3 Å². The topological polar surface area (TPSA) is 120 Å². The van der Waals surface area contributed by atoms with Crippen LogP contribution in [0.3, 0.4) is 0 Å². The second-order valence-corrected chi connectivity index (χ2v) is 5.50. The number of anilines is 1. The molecule has 128 valence electrons. The lowest BCUT2D eigenvalue weighted by Crippen LogP contribution is -2.24. The molecular formula is C16H17N7O2. The van der Waals surface area contributed by atoms with Gasteiger partial charge in [0, 0.05) is 37.0 Å². The maximum absolute atomic E-state index is 11.8. The molecule has 1 aliphatic rings. The number of rotatable bonds is 6. The first-order valence-electron chi connectivity index (χ1n) is 7.76. The van der Waals surface area contributed by atoms with Gasteiger partial charge in [-0.3, -0.25) is 4.79 Å². The Labute approximate surface area is 144 Å². The molecule has 0 atom stereocenters. The lowest BCUT2D eigenvalue weighted by atomic mass is 10.1. The average Bonchev–Trinajstić information content (AvgIpc) is 3.29. The van der Waals surface area contributed by atoms with Gasteiger partial charge in [-0.25, -0.2) is 0 Å². The van der Waals surface area contributed by atoms with Crippen molar-refractivity contribution in [3.05, 3.63) is 35.8 Å². The number of aromatic nitrogens is 4. The first kappa shape index (κ1) is 16.4. The predicted molar refractivity (Wildman–Crippen MR) is 89.0 cm³/mol. The Morgan fingerprint density at radius 3 is 3.08 bits per heavy atom. The molecule has 1 aromatic carbocycles. The number of likely N-dealkylation sites (tertiary alicyclic amines) is 1. The molecule has 25 heavy (non-hydrogen) atoms. The van der Waals surface area contributed by atoms with Crippen LogP contribution < -0.4 is 10.1 Å². The summed E-state index contributed by atoms with van der Waals surface area (Å²) in [6, 6.07) is 7.56. The molecule has 9 heteroatoms. The van der Waals surface area contributed by atoms with Crippen molar-refractivity contribution in [1.29, 1.82) is 5.26 Å². The van der Waals surface area contributed by atoms with Crippen LogP contribution in [0, 0.1) is 11.3 Å². The molecule has 1 fully saturated rings. The van der Waals surface area contributed by atoms with Crippen molar-refractivity contribution in [3.63, 3.8) is 0 Å². The van der Waals surface area contributed by atoms with E-state index in [0.29, 0.717) is 18.7 Å². The Hall–Kier alpha value is -3.41. The van der Waals surface area contributed by atoms with Gasteiger partial charge >= 0.3 is 0 Å². The fraction of sp³-hybridized carbons (Fsp3) is 0.312. The number of ether oxygens (including phenoxy) is 1. The molecule has 0 bridgehead atoms. The molecular weight excluding hydrogens is 322 g/mol. The van der Waals surface area contributed by atoms with Crippen LogP contribution in [0.5, 0.6) is 5.75 Å². The minimum absolute atomic E-state index is 0.157. The van der Waals surface area contributed by atoms with Crippen molar-refractivity contribution >= 4 is 17.2 Å². The zero-order valence-corrected chi connectivity index (χ0v) is 13.7. The maximum Gasteiger partial charge on any atom is 0.222 e. The van der Waals surface area contributed by atoms with Crippen molar-refractivity contribution in [2.24, 2.45) is 0 Å². The van der Waals surface area contributed by atoms with Gasteiger partial charge in [0.15, 0.2) is 0 Å². The van der Waals surface area contributed by atoms with Crippen LogP contribution in [0.4, 0.5) is 5.69 Å². The number of aromatic amines is 1. The summed E-state index contributed by atoms with van der Waals surface area (Å²) in [5.74, 6) is 1.09. The predicted octanol–water partition coefficient (Wildman–Crippen LogP) is 1.31. The highest BCUT2D eigenvalue weighted by molar-refractivity contribution is 5.78. The van der Waals surface area contributed by atoms with E-state index < -0.39 is 0 Å². The number of tetrazole rings is 1. The van der Waals surface area contributed by atoms with Gasteiger partial charge in [-0.2, -0.15) is 10.5 Å². The summed E-state index contributed by atoms with van der Waals surface area (Å²) >= 11 is 0. The summed E-state index contributed by atoms with van der Waals surface area (Å²) in [4.78, 5) is 13.7. The number of carbonyl (C=O) groups is 1. The quantitative estimate of drug-likeness (QED) is 0.761. The normalized spacial score (nSPS) is 14.5. The molecule has 3 rings (SSSR count). The van der Waals surface area contributed by atoms with Crippen molar-refractivity contribution in [1.82, 2.24) is 25.5 Å². The Morgan fingerprint density at radius 2 is 2.44 bits per heavy atom. The number of nitriles is 1. The lowest BCUT2D eigenvalue weighted by Gasteiger charge is -2.18. The fourth-order valence-corrected chi connectivity index (χ4v) is 2.65. The van der Waals surface area contributed by atoms with Gasteiger partial charge in [-0.05, 0) is 29.8 Å². The zero-order valence-electron chi connectivity index (χ0n) is 13.7. The zero-order chi connectivity index (χ0) is 17.6. The van der Waals surface area contributed by atoms with Crippen LogP contribution in [0.1, 0.15) is 24.2 Å². The molecule has 0 spiro atoms. The molecule has 1 amide bonds. The molecule has 0 radical (unpaired) electrons. The molecule has 0 unspecified atom stereocenters. The SMILES string of the molecule is COc1ccc(NC=C(C#N)c2nn[nH]n2)cc1CN1CCCC1=O. The van der Waals surface area contributed by atoms with Gasteiger partial charge in [-0.1, -0.05) is 0 Å². The Kier molecular flexibility index (Phi) is 4.89. The minimum Gasteiger partial charge on any atom is -0.496 e. The van der Waals surface area contributed by atoms with Gasteiger partial charge in [0.1, 0.15) is 17.4 Å². The van der Waals surface area contributed by atoms with E-state index in [-0.39, 0.29) is 17.3 Å². The van der Waals surface area contributed by atoms with E-state index in [9.17, 15) is 10.1 Å². The van der Waals surface area contributed by atoms with Gasteiger partial charge in [0.05, 0.1) is 7.11 Å². The van der Waals surface area contributed by atoms with E-state index in [1.807, 2.05) is 29.2 Å². The average molecular weight is 339 g/mol. The second-order valence-electron chi connectivity index (χ2n) is 5.50. The summed E-state index contributed by atoms with van der Waals surface area (Å²) < 4.78 is 5.39. The number of hydrogen-bond donors (Lipinski definition) is 2. The van der Waals surface area contributed by atoms with Crippen LogP contribution in [-0.4, -0.2) is 45.1 Å². The third-order valence-corrected chi connectivity index (χ3v) is 3.90. The van der Waals surface area contributed by atoms with Crippen LogP contribution >= 0.6 is 0 Å². The molecule has 2 N–H and O–H groups in total. The highest BCUT2D eigenvalue weighted by Gasteiger charge is 2.21. The molecule has 0 aliphatic carbocycles. The molecule has 1 saturated heterocycles. The second kappa shape index (κ2) is 7.44. The largest absolute Gasteiger partial charge is 0.496 e. The highest BCUT2D eigenvalue weighted by Crippen LogP contribution is 2.26. The summed E-state index contributed by atoms with van der Waals surface area (Å²) in [6.45, 7) is 1.26. The van der Waals surface area contributed by atoms with Gasteiger partial charge in [0.25, 0.3) is 0 Å². The maximum atomic E-state index is 11.8. The lowest BCUT2D eigenvalue weighted by molar-refractivity contribution is -0.128. The molecule has 2 aromatic rings. The molecule has 1 aromatic heterocycles. The summed E-state index contributed by atoms with van der Waals surface area (Å²) in [6.07, 6.45) is 2.99. The van der Waals surface area contributed by atoms with E-state index in [1.54, 1.807) is 7.11 Å². The number of hydrogen-bond acceptors (Lipinski definition) is 7. The Bertz CT molecular complexity index is 824. The van der Waals surface area contributed by atoms with Crippen LogP contribution in [0.25, 0.3) is 5.57 Å². The number of nitrogens with zero attached hydrogens (tertiary/aromatic N) is 5. The van der Waals surface area contributed by atoms with Crippen molar-refractivity contribution in [3.8, 4) is 11.8 Å². The molecule has 1 aliphatic heterocycles. The van der Waals surface area contributed by atoms with E-state index in [1.165, 1.54) is 6.20 Å². The number of amides is 1. The third kappa shape index (κ3) is 3.74. The number of methoxy groups -OCH3 is 1. The smallest absolute Gasteiger partial charge is 0.222 e. The Balaban J connectivity index is 1.79. The molecule has 9 nitrogen and oxygen atoms in total. The fourth-order valence-electron chi connectivity index (χ4n) is 2.65. The van der Waals surface area contributed by atoms with Crippen molar-refractivity contribution < 1.29 is 9.53 Å². The minimum atomic E-state index is 0.157. The molecule has 2 heterocycles. The van der Waals surface area contributed by atoms with Gasteiger partial charge in [0.2, 0.25) is 11.7 Å². The van der Waals surface area contributed by atoms with E-state index in [2.05, 4.69) is 25.9 Å². The van der Waals surface area contributed by atoms with Crippen LogP contribution in [0.15, 0.2) is 24.4 Å². The summed E-state index contributed by atoms with van der Waals surface area (Å²) in [7, 11) is 1.60. The first-order valence-corrected chi connectivity index (χ1v) is 7.76. The molecule has 0 saturated carbocycles.